The van der Waals surface area contributed by atoms with Crippen molar-refractivity contribution in [3.63, 3.8) is 0 Å². The molecule has 4 nitrogen and oxygen atoms in total. The summed E-state index contributed by atoms with van der Waals surface area (Å²) in [6.07, 6.45) is 1.53. The van der Waals surface area contributed by atoms with E-state index >= 15 is 0 Å². The first-order chi connectivity index (χ1) is 10.4. The molecule has 1 aromatic carbocycles. The molecule has 2 rings (SSSR count). The van der Waals surface area contributed by atoms with Crippen LogP contribution in [-0.4, -0.2) is 29.4 Å². The van der Waals surface area contributed by atoms with Gasteiger partial charge in [-0.05, 0) is 36.5 Å². The minimum Gasteiger partial charge on any atom is -0.425 e. The summed E-state index contributed by atoms with van der Waals surface area (Å²) >= 11 is 0. The van der Waals surface area contributed by atoms with Crippen molar-refractivity contribution >= 4 is 11.9 Å². The number of hydrogen-bond acceptors (Lipinski definition) is 3. The zero-order chi connectivity index (χ0) is 16.3. The summed E-state index contributed by atoms with van der Waals surface area (Å²) in [6, 6.07) is 7.13. The van der Waals surface area contributed by atoms with Gasteiger partial charge in [-0.3, -0.25) is 4.79 Å². The van der Waals surface area contributed by atoms with Crippen LogP contribution in [0.4, 0.5) is 0 Å². The SMILES string of the molecule is CC(C)C(=O)N1CCCC1C(=O)Oc1ccc(C(C)C)cc1. The van der Waals surface area contributed by atoms with Gasteiger partial charge in [0.15, 0.2) is 0 Å². The van der Waals surface area contributed by atoms with Gasteiger partial charge in [0.05, 0.1) is 0 Å². The molecule has 4 heteroatoms. The Morgan fingerprint density at radius 3 is 2.32 bits per heavy atom. The molecule has 1 aliphatic rings. The van der Waals surface area contributed by atoms with E-state index in [1.807, 2.05) is 38.1 Å². The van der Waals surface area contributed by atoms with E-state index in [1.54, 1.807) is 4.90 Å². The van der Waals surface area contributed by atoms with Crippen LogP contribution in [0, 0.1) is 5.92 Å². The Labute approximate surface area is 132 Å². The van der Waals surface area contributed by atoms with Gasteiger partial charge in [-0.2, -0.15) is 0 Å². The van der Waals surface area contributed by atoms with Gasteiger partial charge in [0, 0.05) is 12.5 Å². The predicted octanol–water partition coefficient (Wildman–Crippen LogP) is 3.36. The van der Waals surface area contributed by atoms with Gasteiger partial charge in [0.2, 0.25) is 5.91 Å². The van der Waals surface area contributed by atoms with Crippen molar-refractivity contribution in [3.05, 3.63) is 29.8 Å². The van der Waals surface area contributed by atoms with Crippen LogP contribution in [0.3, 0.4) is 0 Å². The highest BCUT2D eigenvalue weighted by molar-refractivity contribution is 5.87. The average molecular weight is 303 g/mol. The van der Waals surface area contributed by atoms with E-state index in [4.69, 9.17) is 4.74 Å². The lowest BCUT2D eigenvalue weighted by molar-refractivity contribution is -0.147. The normalized spacial score (nSPS) is 18.1. The molecule has 1 aromatic rings. The van der Waals surface area contributed by atoms with Crippen molar-refractivity contribution in [2.75, 3.05) is 6.54 Å². The molecule has 0 aromatic heterocycles. The zero-order valence-electron chi connectivity index (χ0n) is 13.8. The third kappa shape index (κ3) is 3.67. The summed E-state index contributed by atoms with van der Waals surface area (Å²) < 4.78 is 5.46. The number of rotatable bonds is 4. The highest BCUT2D eigenvalue weighted by Gasteiger charge is 2.36. The van der Waals surface area contributed by atoms with Gasteiger partial charge < -0.3 is 9.64 Å². The fraction of sp³-hybridized carbons (Fsp3) is 0.556. The molecule has 22 heavy (non-hydrogen) atoms. The average Bonchev–Trinajstić information content (AvgIpc) is 2.96. The van der Waals surface area contributed by atoms with Gasteiger partial charge in [-0.25, -0.2) is 4.79 Å². The van der Waals surface area contributed by atoms with Crippen LogP contribution in [0.2, 0.25) is 0 Å². The molecule has 0 N–H and O–H groups in total. The second-order valence-electron chi connectivity index (χ2n) is 6.49. The van der Waals surface area contributed by atoms with Gasteiger partial charge in [0.1, 0.15) is 11.8 Å². The molecule has 0 bridgehead atoms. The fourth-order valence-corrected chi connectivity index (χ4v) is 2.71. The molecule has 1 unspecified atom stereocenters. The Bertz CT molecular complexity index is 534. The Hall–Kier alpha value is -1.84. The number of ether oxygens (including phenoxy) is 1. The van der Waals surface area contributed by atoms with Crippen LogP contribution in [0.15, 0.2) is 24.3 Å². The maximum Gasteiger partial charge on any atom is 0.334 e. The number of carbonyl (C=O) groups is 2. The number of esters is 1. The molecule has 0 spiro atoms. The van der Waals surface area contributed by atoms with Crippen LogP contribution in [0.25, 0.3) is 0 Å². The Morgan fingerprint density at radius 2 is 1.77 bits per heavy atom. The van der Waals surface area contributed by atoms with Crippen molar-refractivity contribution in [2.24, 2.45) is 5.92 Å². The standard InChI is InChI=1S/C18H25NO3/c1-12(2)14-7-9-15(10-8-14)22-18(21)16-6-5-11-19(16)17(20)13(3)4/h7-10,12-13,16H,5-6,11H2,1-4H3. The highest BCUT2D eigenvalue weighted by atomic mass is 16.5. The lowest BCUT2D eigenvalue weighted by atomic mass is 10.0. The van der Waals surface area contributed by atoms with Gasteiger partial charge in [0.25, 0.3) is 0 Å². The molecule has 1 amide bonds. The van der Waals surface area contributed by atoms with E-state index in [2.05, 4.69) is 13.8 Å². The predicted molar refractivity (Wildman–Crippen MR) is 85.7 cm³/mol. The van der Waals surface area contributed by atoms with Crippen molar-refractivity contribution in [1.82, 2.24) is 4.90 Å². The smallest absolute Gasteiger partial charge is 0.334 e. The minimum atomic E-state index is -0.445. The van der Waals surface area contributed by atoms with Crippen molar-refractivity contribution in [2.45, 2.75) is 52.5 Å². The summed E-state index contributed by atoms with van der Waals surface area (Å²) in [5, 5.41) is 0. The molecule has 120 valence electrons. The van der Waals surface area contributed by atoms with E-state index in [0.717, 1.165) is 6.42 Å². The number of nitrogens with zero attached hydrogens (tertiary/aromatic N) is 1. The van der Waals surface area contributed by atoms with E-state index in [0.29, 0.717) is 24.6 Å². The lowest BCUT2D eigenvalue weighted by Gasteiger charge is -2.24. The maximum atomic E-state index is 12.4. The number of likely N-dealkylation sites (tertiary alicyclic amines) is 1. The summed E-state index contributed by atoms with van der Waals surface area (Å²) in [5.74, 6) is 0.578. The van der Waals surface area contributed by atoms with E-state index < -0.39 is 6.04 Å². The second kappa shape index (κ2) is 6.95. The Balaban J connectivity index is 2.03. The molecule has 0 aliphatic carbocycles. The van der Waals surface area contributed by atoms with Crippen LogP contribution >= 0.6 is 0 Å². The van der Waals surface area contributed by atoms with Crippen LogP contribution in [-0.2, 0) is 9.59 Å². The van der Waals surface area contributed by atoms with Crippen LogP contribution in [0.1, 0.15) is 52.0 Å². The van der Waals surface area contributed by atoms with Crippen molar-refractivity contribution < 1.29 is 14.3 Å². The molecule has 1 saturated heterocycles. The fourth-order valence-electron chi connectivity index (χ4n) is 2.71. The van der Waals surface area contributed by atoms with E-state index in [1.165, 1.54) is 5.56 Å². The number of amides is 1. The summed E-state index contributed by atoms with van der Waals surface area (Å²) in [6.45, 7) is 8.59. The first-order valence-electron chi connectivity index (χ1n) is 8.02. The lowest BCUT2D eigenvalue weighted by Crippen LogP contribution is -2.44. The van der Waals surface area contributed by atoms with Crippen LogP contribution < -0.4 is 4.74 Å². The van der Waals surface area contributed by atoms with Crippen molar-refractivity contribution in [1.29, 1.82) is 0 Å². The number of carbonyl (C=O) groups excluding carboxylic acids is 2. The minimum absolute atomic E-state index is 0.0228. The first kappa shape index (κ1) is 16.5. The maximum absolute atomic E-state index is 12.4. The molecular weight excluding hydrogens is 278 g/mol. The molecule has 0 radical (unpaired) electrons. The number of benzene rings is 1. The monoisotopic (exact) mass is 303 g/mol. The first-order valence-corrected chi connectivity index (χ1v) is 8.02. The largest absolute Gasteiger partial charge is 0.425 e. The molecule has 1 fully saturated rings. The summed E-state index contributed by atoms with van der Waals surface area (Å²) in [4.78, 5) is 26.2. The third-order valence-electron chi connectivity index (χ3n) is 4.07. The van der Waals surface area contributed by atoms with Gasteiger partial charge in [-0.15, -0.1) is 0 Å². The summed E-state index contributed by atoms with van der Waals surface area (Å²) in [7, 11) is 0. The van der Waals surface area contributed by atoms with Gasteiger partial charge >= 0.3 is 5.97 Å². The number of hydrogen-bond donors (Lipinski definition) is 0. The molecule has 1 heterocycles. The Kier molecular flexibility index (Phi) is 5.22. The van der Waals surface area contributed by atoms with Crippen LogP contribution in [0.5, 0.6) is 5.75 Å². The zero-order valence-corrected chi connectivity index (χ0v) is 13.8. The highest BCUT2D eigenvalue weighted by Crippen LogP contribution is 2.23. The van der Waals surface area contributed by atoms with Crippen molar-refractivity contribution in [3.8, 4) is 5.75 Å². The molecule has 0 saturated carbocycles. The quantitative estimate of drug-likeness (QED) is 0.633. The van der Waals surface area contributed by atoms with E-state index in [-0.39, 0.29) is 17.8 Å². The molecule has 1 aliphatic heterocycles. The van der Waals surface area contributed by atoms with Gasteiger partial charge in [-0.1, -0.05) is 39.8 Å². The summed E-state index contributed by atoms with van der Waals surface area (Å²) in [5.41, 5.74) is 1.21. The third-order valence-corrected chi connectivity index (χ3v) is 4.07. The molecular formula is C18H25NO3. The topological polar surface area (TPSA) is 46.6 Å². The Morgan fingerprint density at radius 1 is 1.14 bits per heavy atom. The second-order valence-corrected chi connectivity index (χ2v) is 6.49. The molecule has 1 atom stereocenters. The van der Waals surface area contributed by atoms with E-state index in [9.17, 15) is 9.59 Å².